The van der Waals surface area contributed by atoms with Crippen molar-refractivity contribution in [3.05, 3.63) is 0 Å². The van der Waals surface area contributed by atoms with Gasteiger partial charge in [-0.05, 0) is 27.7 Å². The van der Waals surface area contributed by atoms with Crippen molar-refractivity contribution >= 4 is 17.5 Å². The van der Waals surface area contributed by atoms with E-state index in [1.807, 2.05) is 0 Å². The molecule has 2 atom stereocenters. The predicted octanol–water partition coefficient (Wildman–Crippen LogP) is 1.04. The molecule has 0 spiro atoms. The molecule has 0 saturated heterocycles. The highest BCUT2D eigenvalue weighted by Gasteiger charge is 2.24. The molecule has 4 nitrogen and oxygen atoms in total. The van der Waals surface area contributed by atoms with Gasteiger partial charge in [-0.15, -0.1) is 0 Å². The average Bonchev–Trinajstić information content (AvgIpc) is 2.13. The van der Waals surface area contributed by atoms with Crippen molar-refractivity contribution in [3.8, 4) is 0 Å². The van der Waals surface area contributed by atoms with E-state index in [0.29, 0.717) is 6.42 Å². The zero-order valence-electron chi connectivity index (χ0n) is 10.0. The Morgan fingerprint density at radius 2 is 1.60 bits per heavy atom. The van der Waals surface area contributed by atoms with Crippen molar-refractivity contribution in [2.75, 3.05) is 7.05 Å². The SMILES string of the molecule is CC(=O)CC(C)N(C)C(=O)C(C)C(C)=O. The molecule has 0 aromatic rings. The Morgan fingerprint density at radius 3 is 1.93 bits per heavy atom. The van der Waals surface area contributed by atoms with E-state index in [1.165, 1.54) is 18.7 Å². The molecule has 0 aliphatic rings. The number of hydrogen-bond acceptors (Lipinski definition) is 3. The molecule has 0 fully saturated rings. The summed E-state index contributed by atoms with van der Waals surface area (Å²) >= 11 is 0. The number of ketones is 2. The zero-order chi connectivity index (χ0) is 12.2. The molecule has 0 saturated carbocycles. The highest BCUT2D eigenvalue weighted by atomic mass is 16.2. The minimum Gasteiger partial charge on any atom is -0.342 e. The first kappa shape index (κ1) is 13.8. The zero-order valence-corrected chi connectivity index (χ0v) is 10.0. The Balaban J connectivity index is 4.43. The lowest BCUT2D eigenvalue weighted by Crippen LogP contribution is -2.41. The van der Waals surface area contributed by atoms with Crippen molar-refractivity contribution in [3.63, 3.8) is 0 Å². The van der Waals surface area contributed by atoms with Crippen molar-refractivity contribution < 1.29 is 14.4 Å². The van der Waals surface area contributed by atoms with Crippen LogP contribution in [0.1, 0.15) is 34.1 Å². The molecule has 0 aromatic carbocycles. The summed E-state index contributed by atoms with van der Waals surface area (Å²) in [6, 6.07) is -0.156. The van der Waals surface area contributed by atoms with Crippen LogP contribution in [0.4, 0.5) is 0 Å². The van der Waals surface area contributed by atoms with E-state index in [2.05, 4.69) is 0 Å². The highest BCUT2D eigenvalue weighted by Crippen LogP contribution is 2.08. The van der Waals surface area contributed by atoms with Gasteiger partial charge in [-0.25, -0.2) is 0 Å². The van der Waals surface area contributed by atoms with Gasteiger partial charge in [0.05, 0.1) is 5.92 Å². The van der Waals surface area contributed by atoms with Gasteiger partial charge >= 0.3 is 0 Å². The fourth-order valence-corrected chi connectivity index (χ4v) is 1.25. The maximum atomic E-state index is 11.7. The maximum Gasteiger partial charge on any atom is 0.232 e. The number of carbonyl (C=O) groups excluding carboxylic acids is 3. The molecule has 2 unspecified atom stereocenters. The first-order chi connectivity index (χ1) is 6.77. The molecule has 1 amide bonds. The highest BCUT2D eigenvalue weighted by molar-refractivity contribution is 5.99. The molecule has 0 bridgehead atoms. The van der Waals surface area contributed by atoms with E-state index in [0.717, 1.165) is 0 Å². The summed E-state index contributed by atoms with van der Waals surface area (Å²) in [5, 5.41) is 0. The number of Topliss-reactive ketones (excluding diaryl/α,β-unsaturated/α-hetero) is 2. The van der Waals surface area contributed by atoms with Crippen LogP contribution < -0.4 is 0 Å². The van der Waals surface area contributed by atoms with Crippen molar-refractivity contribution in [2.45, 2.75) is 40.2 Å². The van der Waals surface area contributed by atoms with Gasteiger partial charge in [0, 0.05) is 19.5 Å². The Kier molecular flexibility index (Phi) is 5.19. The molecule has 0 radical (unpaired) electrons. The van der Waals surface area contributed by atoms with Crippen LogP contribution in [0.3, 0.4) is 0 Å². The molecular formula is C11H19NO3. The Bertz CT molecular complexity index is 273. The maximum absolute atomic E-state index is 11.7. The third-order valence-electron chi connectivity index (χ3n) is 2.57. The second-order valence-corrected chi connectivity index (χ2v) is 4.04. The van der Waals surface area contributed by atoms with Crippen LogP contribution in [-0.2, 0) is 14.4 Å². The van der Waals surface area contributed by atoms with E-state index < -0.39 is 5.92 Å². The molecule has 0 aromatic heterocycles. The molecule has 0 rings (SSSR count). The van der Waals surface area contributed by atoms with Gasteiger partial charge in [0.25, 0.3) is 0 Å². The molecule has 0 aliphatic carbocycles. The predicted molar refractivity (Wildman–Crippen MR) is 57.4 cm³/mol. The molecule has 0 N–H and O–H groups in total. The molecule has 0 heterocycles. The fraction of sp³-hybridized carbons (Fsp3) is 0.727. The summed E-state index contributed by atoms with van der Waals surface area (Å²) < 4.78 is 0. The third kappa shape index (κ3) is 4.23. The Hall–Kier alpha value is -1.19. The summed E-state index contributed by atoms with van der Waals surface area (Å²) in [7, 11) is 1.62. The lowest BCUT2D eigenvalue weighted by atomic mass is 10.0. The number of amides is 1. The van der Waals surface area contributed by atoms with Gasteiger partial charge in [-0.3, -0.25) is 14.4 Å². The van der Waals surface area contributed by atoms with Gasteiger partial charge in [0.1, 0.15) is 11.6 Å². The van der Waals surface area contributed by atoms with E-state index in [4.69, 9.17) is 0 Å². The Labute approximate surface area is 90.6 Å². The standard InChI is InChI=1S/C11H19NO3/c1-7(6-8(2)13)12(5)11(15)9(3)10(4)14/h7,9H,6H2,1-5H3. The number of nitrogens with zero attached hydrogens (tertiary/aromatic N) is 1. The van der Waals surface area contributed by atoms with Crippen LogP contribution in [-0.4, -0.2) is 35.5 Å². The summed E-state index contributed by atoms with van der Waals surface area (Å²) in [6.45, 7) is 6.27. The van der Waals surface area contributed by atoms with Crippen LogP contribution in [0.5, 0.6) is 0 Å². The molecular weight excluding hydrogens is 194 g/mol. The second-order valence-electron chi connectivity index (χ2n) is 4.04. The number of rotatable bonds is 5. The monoisotopic (exact) mass is 213 g/mol. The lowest BCUT2D eigenvalue weighted by Gasteiger charge is -2.26. The van der Waals surface area contributed by atoms with Crippen molar-refractivity contribution in [1.82, 2.24) is 4.90 Å². The van der Waals surface area contributed by atoms with Crippen molar-refractivity contribution in [2.24, 2.45) is 5.92 Å². The van der Waals surface area contributed by atoms with Gasteiger partial charge < -0.3 is 4.90 Å². The van der Waals surface area contributed by atoms with Gasteiger partial charge in [-0.2, -0.15) is 0 Å². The van der Waals surface area contributed by atoms with Crippen LogP contribution in [0.15, 0.2) is 0 Å². The number of carbonyl (C=O) groups is 3. The molecule has 86 valence electrons. The van der Waals surface area contributed by atoms with Crippen LogP contribution >= 0.6 is 0 Å². The van der Waals surface area contributed by atoms with Gasteiger partial charge in [0.15, 0.2) is 0 Å². The summed E-state index contributed by atoms with van der Waals surface area (Å²) in [5.41, 5.74) is 0. The van der Waals surface area contributed by atoms with E-state index in [-0.39, 0.29) is 23.5 Å². The van der Waals surface area contributed by atoms with Crippen LogP contribution in [0, 0.1) is 5.92 Å². The van der Waals surface area contributed by atoms with Gasteiger partial charge in [-0.1, -0.05) is 0 Å². The molecule has 4 heteroatoms. The normalized spacial score (nSPS) is 14.2. The lowest BCUT2D eigenvalue weighted by molar-refractivity contribution is -0.140. The minimum atomic E-state index is -0.621. The minimum absolute atomic E-state index is 0.0395. The summed E-state index contributed by atoms with van der Waals surface area (Å²) in [4.78, 5) is 35.1. The molecule has 15 heavy (non-hydrogen) atoms. The quantitative estimate of drug-likeness (QED) is 0.641. The van der Waals surface area contributed by atoms with E-state index in [9.17, 15) is 14.4 Å². The van der Waals surface area contributed by atoms with E-state index in [1.54, 1.807) is 20.9 Å². The summed E-state index contributed by atoms with van der Waals surface area (Å²) in [5.74, 6) is -0.958. The van der Waals surface area contributed by atoms with Crippen LogP contribution in [0.2, 0.25) is 0 Å². The third-order valence-corrected chi connectivity index (χ3v) is 2.57. The van der Waals surface area contributed by atoms with Crippen molar-refractivity contribution in [1.29, 1.82) is 0 Å². The fourth-order valence-electron chi connectivity index (χ4n) is 1.25. The second kappa shape index (κ2) is 5.63. The number of hydrogen-bond donors (Lipinski definition) is 0. The average molecular weight is 213 g/mol. The first-order valence-corrected chi connectivity index (χ1v) is 5.04. The van der Waals surface area contributed by atoms with Gasteiger partial charge in [0.2, 0.25) is 5.91 Å². The first-order valence-electron chi connectivity index (χ1n) is 5.04. The Morgan fingerprint density at radius 1 is 1.13 bits per heavy atom. The molecule has 0 aliphatic heterocycles. The van der Waals surface area contributed by atoms with E-state index >= 15 is 0 Å². The largest absolute Gasteiger partial charge is 0.342 e. The van der Waals surface area contributed by atoms with Crippen LogP contribution in [0.25, 0.3) is 0 Å². The summed E-state index contributed by atoms with van der Waals surface area (Å²) in [6.07, 6.45) is 0.326. The smallest absolute Gasteiger partial charge is 0.232 e. The topological polar surface area (TPSA) is 54.5 Å².